The minimum absolute atomic E-state index is 0.00693. The molecule has 1 heterocycles. The molecule has 0 aliphatic carbocycles. The van der Waals surface area contributed by atoms with Gasteiger partial charge < -0.3 is 10.3 Å². The maximum atomic E-state index is 12.6. The van der Waals surface area contributed by atoms with Gasteiger partial charge in [-0.05, 0) is 29.3 Å². The molecule has 0 aliphatic rings. The number of benzene rings is 3. The molecule has 4 heteroatoms. The first-order valence-corrected chi connectivity index (χ1v) is 9.89. The summed E-state index contributed by atoms with van der Waals surface area (Å²) in [6.45, 7) is 0. The molecule has 0 aliphatic heterocycles. The summed E-state index contributed by atoms with van der Waals surface area (Å²) in [6.07, 6.45) is 2.27. The molecule has 4 aromatic rings. The number of thioether (sulfide) groups is 1. The molecular weight excluding hydrogens is 352 g/mol. The van der Waals surface area contributed by atoms with E-state index in [-0.39, 0.29) is 5.91 Å². The smallest absolute Gasteiger partial charge is 0.228 e. The fraction of sp³-hybridized carbons (Fsp3) is 0.0870. The van der Waals surface area contributed by atoms with Crippen molar-refractivity contribution in [2.75, 3.05) is 5.32 Å². The van der Waals surface area contributed by atoms with E-state index in [2.05, 4.69) is 28.5 Å². The number of anilines is 1. The summed E-state index contributed by atoms with van der Waals surface area (Å²) >= 11 is 1.73. The number of aromatic nitrogens is 1. The number of hydrogen-bond acceptors (Lipinski definition) is 2. The van der Waals surface area contributed by atoms with Crippen LogP contribution in [0.15, 0.2) is 90.0 Å². The molecule has 0 unspecified atom stereocenters. The Morgan fingerprint density at radius 1 is 0.889 bits per heavy atom. The lowest BCUT2D eigenvalue weighted by Gasteiger charge is -2.11. The molecule has 0 spiro atoms. The van der Waals surface area contributed by atoms with Gasteiger partial charge >= 0.3 is 0 Å². The quantitative estimate of drug-likeness (QED) is 0.430. The van der Waals surface area contributed by atoms with Crippen molar-refractivity contribution in [3.8, 4) is 0 Å². The van der Waals surface area contributed by atoms with Crippen LogP contribution in [0.1, 0.15) is 11.1 Å². The van der Waals surface area contributed by atoms with Crippen LogP contribution in [0.25, 0.3) is 10.9 Å². The monoisotopic (exact) mass is 372 g/mol. The summed E-state index contributed by atoms with van der Waals surface area (Å²) in [5, 5.41) is 4.17. The van der Waals surface area contributed by atoms with E-state index in [0.29, 0.717) is 6.42 Å². The van der Waals surface area contributed by atoms with Gasteiger partial charge in [0.25, 0.3) is 0 Å². The molecular formula is C23H20N2OS. The number of carbonyl (C=O) groups is 1. The second-order valence-corrected chi connectivity index (χ2v) is 7.37. The maximum Gasteiger partial charge on any atom is 0.228 e. The van der Waals surface area contributed by atoms with Gasteiger partial charge in [0.15, 0.2) is 0 Å². The van der Waals surface area contributed by atoms with Gasteiger partial charge in [0.1, 0.15) is 0 Å². The molecule has 134 valence electrons. The van der Waals surface area contributed by atoms with E-state index in [9.17, 15) is 4.79 Å². The van der Waals surface area contributed by atoms with Crippen LogP contribution in [0.2, 0.25) is 0 Å². The average Bonchev–Trinajstić information content (AvgIpc) is 3.11. The van der Waals surface area contributed by atoms with Crippen molar-refractivity contribution in [2.24, 2.45) is 0 Å². The normalized spacial score (nSPS) is 10.8. The Morgan fingerprint density at radius 2 is 1.63 bits per heavy atom. The van der Waals surface area contributed by atoms with Gasteiger partial charge in [-0.2, -0.15) is 0 Å². The first-order chi connectivity index (χ1) is 13.3. The predicted molar refractivity (Wildman–Crippen MR) is 113 cm³/mol. The van der Waals surface area contributed by atoms with E-state index in [1.54, 1.807) is 11.8 Å². The molecule has 0 saturated heterocycles. The van der Waals surface area contributed by atoms with Crippen molar-refractivity contribution in [1.82, 2.24) is 4.98 Å². The van der Waals surface area contributed by atoms with E-state index >= 15 is 0 Å². The number of hydrogen-bond donors (Lipinski definition) is 2. The Hall–Kier alpha value is -2.98. The van der Waals surface area contributed by atoms with Crippen LogP contribution in [-0.2, 0) is 17.0 Å². The molecule has 0 radical (unpaired) electrons. The third kappa shape index (κ3) is 4.23. The van der Waals surface area contributed by atoms with Gasteiger partial charge in [-0.3, -0.25) is 4.79 Å². The van der Waals surface area contributed by atoms with Crippen molar-refractivity contribution < 1.29 is 4.79 Å². The molecule has 27 heavy (non-hydrogen) atoms. The zero-order valence-corrected chi connectivity index (χ0v) is 15.6. The van der Waals surface area contributed by atoms with Crippen LogP contribution in [0.4, 0.5) is 5.69 Å². The lowest BCUT2D eigenvalue weighted by Crippen LogP contribution is -2.14. The standard InChI is InChI=1S/C23H20N2OS/c26-23(14-18-15-24-20-11-5-4-10-19(18)20)25-21-12-6-7-13-22(21)27-16-17-8-2-1-3-9-17/h1-13,15,24H,14,16H2,(H,25,26). The number of amides is 1. The molecule has 1 aromatic heterocycles. The van der Waals surface area contributed by atoms with Gasteiger partial charge in [-0.15, -0.1) is 11.8 Å². The summed E-state index contributed by atoms with van der Waals surface area (Å²) < 4.78 is 0. The number of nitrogens with one attached hydrogen (secondary N) is 2. The second kappa shape index (κ2) is 8.14. The molecule has 3 aromatic carbocycles. The summed E-state index contributed by atoms with van der Waals surface area (Å²) in [5.41, 5.74) is 4.20. The van der Waals surface area contributed by atoms with Crippen LogP contribution >= 0.6 is 11.8 Å². The SMILES string of the molecule is O=C(Cc1c[nH]c2ccccc12)Nc1ccccc1SCc1ccccc1. The van der Waals surface area contributed by atoms with Crippen molar-refractivity contribution in [3.05, 3.63) is 96.2 Å². The highest BCUT2D eigenvalue weighted by atomic mass is 32.2. The number of rotatable bonds is 6. The lowest BCUT2D eigenvalue weighted by atomic mass is 10.1. The molecule has 0 atom stereocenters. The van der Waals surface area contributed by atoms with E-state index < -0.39 is 0 Å². The predicted octanol–water partition coefficient (Wildman–Crippen LogP) is 5.64. The Bertz CT molecular complexity index is 1060. The lowest BCUT2D eigenvalue weighted by molar-refractivity contribution is -0.115. The minimum atomic E-state index is -0.00693. The van der Waals surface area contributed by atoms with E-state index in [4.69, 9.17) is 0 Å². The third-order valence-corrected chi connectivity index (χ3v) is 5.57. The largest absolute Gasteiger partial charge is 0.361 e. The minimum Gasteiger partial charge on any atom is -0.361 e. The van der Waals surface area contributed by atoms with Crippen LogP contribution in [0.3, 0.4) is 0 Å². The third-order valence-electron chi connectivity index (χ3n) is 4.42. The first kappa shape index (κ1) is 17.4. The number of para-hydroxylation sites is 2. The summed E-state index contributed by atoms with van der Waals surface area (Å²) in [4.78, 5) is 16.9. The molecule has 0 bridgehead atoms. The number of aromatic amines is 1. The fourth-order valence-corrected chi connectivity index (χ4v) is 4.04. The van der Waals surface area contributed by atoms with Crippen molar-refractivity contribution in [2.45, 2.75) is 17.1 Å². The van der Waals surface area contributed by atoms with E-state index in [1.807, 2.05) is 66.9 Å². The molecule has 1 amide bonds. The Morgan fingerprint density at radius 3 is 2.52 bits per heavy atom. The summed E-state index contributed by atoms with van der Waals surface area (Å²) in [5.74, 6) is 0.864. The van der Waals surface area contributed by atoms with Crippen LogP contribution in [-0.4, -0.2) is 10.9 Å². The van der Waals surface area contributed by atoms with E-state index in [1.165, 1.54) is 5.56 Å². The van der Waals surface area contributed by atoms with Gasteiger partial charge in [0.2, 0.25) is 5.91 Å². The first-order valence-electron chi connectivity index (χ1n) is 8.90. The van der Waals surface area contributed by atoms with Gasteiger partial charge in [-0.25, -0.2) is 0 Å². The highest BCUT2D eigenvalue weighted by molar-refractivity contribution is 7.98. The average molecular weight is 372 g/mol. The topological polar surface area (TPSA) is 44.9 Å². The van der Waals surface area contributed by atoms with Crippen molar-refractivity contribution in [1.29, 1.82) is 0 Å². The molecule has 0 fully saturated rings. The van der Waals surface area contributed by atoms with Crippen molar-refractivity contribution in [3.63, 3.8) is 0 Å². The number of carbonyl (C=O) groups excluding carboxylic acids is 1. The van der Waals surface area contributed by atoms with Crippen LogP contribution in [0.5, 0.6) is 0 Å². The van der Waals surface area contributed by atoms with Gasteiger partial charge in [-0.1, -0.05) is 60.7 Å². The Labute approximate surface area is 162 Å². The summed E-state index contributed by atoms with van der Waals surface area (Å²) in [6, 6.07) is 26.4. The zero-order chi connectivity index (χ0) is 18.5. The van der Waals surface area contributed by atoms with Gasteiger partial charge in [0, 0.05) is 27.7 Å². The van der Waals surface area contributed by atoms with Crippen LogP contribution in [0, 0.1) is 0 Å². The fourth-order valence-electron chi connectivity index (χ4n) is 3.08. The number of fused-ring (bicyclic) bond motifs is 1. The molecule has 2 N–H and O–H groups in total. The number of H-pyrrole nitrogens is 1. The van der Waals surface area contributed by atoms with E-state index in [0.717, 1.165) is 32.8 Å². The zero-order valence-electron chi connectivity index (χ0n) is 14.8. The molecule has 4 rings (SSSR count). The van der Waals surface area contributed by atoms with Crippen LogP contribution < -0.4 is 5.32 Å². The molecule has 3 nitrogen and oxygen atoms in total. The van der Waals surface area contributed by atoms with Crippen molar-refractivity contribution >= 4 is 34.3 Å². The summed E-state index contributed by atoms with van der Waals surface area (Å²) in [7, 11) is 0. The second-order valence-electron chi connectivity index (χ2n) is 6.35. The highest BCUT2D eigenvalue weighted by Crippen LogP contribution is 2.30. The highest BCUT2D eigenvalue weighted by Gasteiger charge is 2.11. The maximum absolute atomic E-state index is 12.6. The Balaban J connectivity index is 1.45. The molecule has 0 saturated carbocycles. The van der Waals surface area contributed by atoms with Gasteiger partial charge in [0.05, 0.1) is 12.1 Å². The Kier molecular flexibility index (Phi) is 5.26.